The quantitative estimate of drug-likeness (QED) is 0.921. The van der Waals surface area contributed by atoms with Crippen LogP contribution in [0, 0.1) is 12.7 Å². The van der Waals surface area contributed by atoms with Crippen LogP contribution < -0.4 is 10.6 Å². The molecule has 124 valence electrons. The number of benzene rings is 2. The second kappa shape index (κ2) is 6.07. The molecule has 0 aromatic heterocycles. The molecule has 0 radical (unpaired) electrons. The molecule has 1 aliphatic heterocycles. The van der Waals surface area contributed by atoms with Crippen LogP contribution in [0.5, 0.6) is 0 Å². The van der Waals surface area contributed by atoms with E-state index < -0.39 is 17.6 Å². The van der Waals surface area contributed by atoms with Gasteiger partial charge in [0.25, 0.3) is 5.91 Å². The number of hydrogen-bond acceptors (Lipinski definition) is 2. The minimum atomic E-state index is -0.421. The number of nitrogens with zero attached hydrogens (tertiary/aromatic N) is 1. The number of carbonyl (C=O) groups excluding carboxylic acids is 2. The van der Waals surface area contributed by atoms with Gasteiger partial charge in [0.2, 0.25) is 5.91 Å². The molecule has 5 heteroatoms. The van der Waals surface area contributed by atoms with Gasteiger partial charge in [-0.2, -0.15) is 0 Å². The van der Waals surface area contributed by atoms with Gasteiger partial charge in [0.15, 0.2) is 0 Å². The lowest BCUT2D eigenvalue weighted by Crippen LogP contribution is -2.45. The van der Waals surface area contributed by atoms with E-state index in [1.165, 1.54) is 6.07 Å². The molecule has 2 aromatic rings. The Labute approximate surface area is 140 Å². The summed E-state index contributed by atoms with van der Waals surface area (Å²) in [5, 5.41) is 0. The van der Waals surface area contributed by atoms with E-state index in [9.17, 15) is 14.0 Å². The lowest BCUT2D eigenvalue weighted by molar-refractivity contribution is -0.119. The van der Waals surface area contributed by atoms with E-state index in [4.69, 9.17) is 5.73 Å². The predicted octanol–water partition coefficient (Wildman–Crippen LogP) is 3.14. The fraction of sp³-hybridized carbons (Fsp3) is 0.263. The Balaban J connectivity index is 2.06. The lowest BCUT2D eigenvalue weighted by Gasteiger charge is -2.38. The molecule has 0 saturated heterocycles. The average Bonchev–Trinajstić information content (AvgIpc) is 2.56. The molecule has 4 nitrogen and oxygen atoms in total. The monoisotopic (exact) mass is 326 g/mol. The van der Waals surface area contributed by atoms with Gasteiger partial charge >= 0.3 is 0 Å². The van der Waals surface area contributed by atoms with E-state index in [0.29, 0.717) is 17.7 Å². The molecule has 1 heterocycles. The van der Waals surface area contributed by atoms with Crippen molar-refractivity contribution in [2.45, 2.75) is 32.2 Å². The van der Waals surface area contributed by atoms with Gasteiger partial charge in [-0.1, -0.05) is 24.3 Å². The van der Waals surface area contributed by atoms with Crippen molar-refractivity contribution < 1.29 is 14.0 Å². The van der Waals surface area contributed by atoms with E-state index in [2.05, 4.69) is 0 Å². The van der Waals surface area contributed by atoms with Crippen LogP contribution in [0.25, 0.3) is 0 Å². The standard InChI is InChI=1S/C19H19FN2O2/c1-11-7-8-13(10-16(11)20)19(24)22-12(2)9-15(18(21)23)14-5-3-4-6-17(14)22/h3-8,10,12,15H,9H2,1-2H3,(H2,21,23)/t12-,15+/m0/s1. The van der Waals surface area contributed by atoms with Crippen LogP contribution in [0.1, 0.15) is 40.7 Å². The largest absolute Gasteiger partial charge is 0.369 e. The Hall–Kier alpha value is -2.69. The van der Waals surface area contributed by atoms with Crippen molar-refractivity contribution in [2.75, 3.05) is 4.90 Å². The number of halogens is 1. The Morgan fingerprint density at radius 1 is 1.21 bits per heavy atom. The van der Waals surface area contributed by atoms with Crippen molar-refractivity contribution in [3.05, 3.63) is 65.0 Å². The fourth-order valence-corrected chi connectivity index (χ4v) is 3.26. The number of primary amides is 1. The highest BCUT2D eigenvalue weighted by atomic mass is 19.1. The summed E-state index contributed by atoms with van der Waals surface area (Å²) < 4.78 is 13.8. The summed E-state index contributed by atoms with van der Waals surface area (Å²) in [7, 11) is 0. The number of carbonyl (C=O) groups is 2. The van der Waals surface area contributed by atoms with Crippen molar-refractivity contribution in [1.82, 2.24) is 0 Å². The van der Waals surface area contributed by atoms with E-state index in [1.54, 1.807) is 30.0 Å². The number of hydrogen-bond donors (Lipinski definition) is 1. The highest BCUT2D eigenvalue weighted by Gasteiger charge is 2.36. The molecule has 24 heavy (non-hydrogen) atoms. The molecule has 0 aliphatic carbocycles. The van der Waals surface area contributed by atoms with Crippen LogP contribution in [-0.4, -0.2) is 17.9 Å². The zero-order valence-electron chi connectivity index (χ0n) is 13.6. The Morgan fingerprint density at radius 2 is 1.92 bits per heavy atom. The number of anilines is 1. The van der Waals surface area contributed by atoms with Crippen LogP contribution in [0.2, 0.25) is 0 Å². The highest BCUT2D eigenvalue weighted by Crippen LogP contribution is 2.39. The van der Waals surface area contributed by atoms with Crippen LogP contribution in [0.15, 0.2) is 42.5 Å². The topological polar surface area (TPSA) is 63.4 Å². The minimum Gasteiger partial charge on any atom is -0.369 e. The maximum atomic E-state index is 13.8. The summed E-state index contributed by atoms with van der Waals surface area (Å²) in [6.45, 7) is 3.52. The first-order chi connectivity index (χ1) is 11.4. The third-order valence-electron chi connectivity index (χ3n) is 4.57. The molecule has 2 aromatic carbocycles. The Kier molecular flexibility index (Phi) is 4.09. The highest BCUT2D eigenvalue weighted by molar-refractivity contribution is 6.08. The van der Waals surface area contributed by atoms with E-state index in [0.717, 1.165) is 5.56 Å². The number of amides is 2. The molecule has 0 saturated carbocycles. The van der Waals surface area contributed by atoms with Crippen LogP contribution in [-0.2, 0) is 4.79 Å². The molecule has 1 aliphatic rings. The van der Waals surface area contributed by atoms with Crippen molar-refractivity contribution in [3.8, 4) is 0 Å². The SMILES string of the molecule is Cc1ccc(C(=O)N2c3ccccc3[C@H](C(N)=O)C[C@@H]2C)cc1F. The van der Waals surface area contributed by atoms with E-state index in [-0.39, 0.29) is 17.5 Å². The van der Waals surface area contributed by atoms with Gasteiger partial charge in [-0.3, -0.25) is 9.59 Å². The molecule has 0 unspecified atom stereocenters. The minimum absolute atomic E-state index is 0.214. The smallest absolute Gasteiger partial charge is 0.258 e. The summed E-state index contributed by atoms with van der Waals surface area (Å²) >= 11 is 0. The fourth-order valence-electron chi connectivity index (χ4n) is 3.26. The summed E-state index contributed by atoms with van der Waals surface area (Å²) in [4.78, 5) is 26.3. The number of para-hydroxylation sites is 1. The van der Waals surface area contributed by atoms with Crippen molar-refractivity contribution >= 4 is 17.5 Å². The Bertz CT molecular complexity index is 819. The summed E-state index contributed by atoms with van der Waals surface area (Å²) in [5.74, 6) is -1.51. The summed E-state index contributed by atoms with van der Waals surface area (Å²) in [5.41, 5.74) is 7.70. The van der Waals surface area contributed by atoms with Crippen LogP contribution >= 0.6 is 0 Å². The second-order valence-electron chi connectivity index (χ2n) is 6.24. The van der Waals surface area contributed by atoms with Crippen LogP contribution in [0.3, 0.4) is 0 Å². The lowest BCUT2D eigenvalue weighted by atomic mass is 9.85. The third-order valence-corrected chi connectivity index (χ3v) is 4.57. The third kappa shape index (κ3) is 2.66. The number of aryl methyl sites for hydroxylation is 1. The van der Waals surface area contributed by atoms with Gasteiger partial charge in [-0.05, 0) is 49.6 Å². The maximum absolute atomic E-state index is 13.8. The van der Waals surface area contributed by atoms with Gasteiger partial charge < -0.3 is 10.6 Å². The molecule has 0 fully saturated rings. The van der Waals surface area contributed by atoms with E-state index in [1.807, 2.05) is 25.1 Å². The molecule has 2 amide bonds. The normalized spacial score (nSPS) is 19.7. The average molecular weight is 326 g/mol. The Morgan fingerprint density at radius 3 is 2.58 bits per heavy atom. The molecule has 0 spiro atoms. The number of nitrogens with two attached hydrogens (primary N) is 1. The maximum Gasteiger partial charge on any atom is 0.258 e. The molecule has 0 bridgehead atoms. The van der Waals surface area contributed by atoms with Gasteiger partial charge in [0, 0.05) is 17.3 Å². The first kappa shape index (κ1) is 16.2. The van der Waals surface area contributed by atoms with Crippen LogP contribution in [0.4, 0.5) is 10.1 Å². The molecular formula is C19H19FN2O2. The molecular weight excluding hydrogens is 307 g/mol. The predicted molar refractivity (Wildman–Crippen MR) is 90.4 cm³/mol. The van der Waals surface area contributed by atoms with Gasteiger partial charge in [-0.25, -0.2) is 4.39 Å². The van der Waals surface area contributed by atoms with Gasteiger partial charge in [0.1, 0.15) is 5.82 Å². The second-order valence-corrected chi connectivity index (χ2v) is 6.24. The van der Waals surface area contributed by atoms with Crippen molar-refractivity contribution in [2.24, 2.45) is 5.73 Å². The zero-order chi connectivity index (χ0) is 17.4. The van der Waals surface area contributed by atoms with Gasteiger partial charge in [0.05, 0.1) is 5.92 Å². The summed E-state index contributed by atoms with van der Waals surface area (Å²) in [6, 6.07) is 11.5. The van der Waals surface area contributed by atoms with Gasteiger partial charge in [-0.15, -0.1) is 0 Å². The van der Waals surface area contributed by atoms with Crippen molar-refractivity contribution in [1.29, 1.82) is 0 Å². The zero-order valence-corrected chi connectivity index (χ0v) is 13.6. The molecule has 2 N–H and O–H groups in total. The van der Waals surface area contributed by atoms with E-state index >= 15 is 0 Å². The first-order valence-corrected chi connectivity index (χ1v) is 7.88. The number of fused-ring (bicyclic) bond motifs is 1. The first-order valence-electron chi connectivity index (χ1n) is 7.88. The van der Waals surface area contributed by atoms with Crippen molar-refractivity contribution in [3.63, 3.8) is 0 Å². The molecule has 2 atom stereocenters. The molecule has 3 rings (SSSR count). The number of rotatable bonds is 2. The summed E-state index contributed by atoms with van der Waals surface area (Å²) in [6.07, 6.45) is 0.451.